The Balaban J connectivity index is 1.71. The molecule has 4 amide bonds. The average Bonchev–Trinajstić information content (AvgIpc) is 2.61. The Kier molecular flexibility index (Phi) is 6.94. The molecule has 1 heterocycles. The van der Waals surface area contributed by atoms with Crippen molar-refractivity contribution in [1.82, 2.24) is 15.1 Å². The van der Waals surface area contributed by atoms with Crippen LogP contribution in [0.25, 0.3) is 0 Å². The molecule has 1 aliphatic heterocycles. The summed E-state index contributed by atoms with van der Waals surface area (Å²) in [4.78, 5) is 38.7. The lowest BCUT2D eigenvalue weighted by Crippen LogP contribution is -2.55. The topological polar surface area (TPSA) is 95.7 Å². The van der Waals surface area contributed by atoms with E-state index in [1.54, 1.807) is 6.92 Å². The zero-order valence-corrected chi connectivity index (χ0v) is 14.6. The third kappa shape index (κ3) is 5.86. The van der Waals surface area contributed by atoms with Crippen molar-refractivity contribution in [3.8, 4) is 0 Å². The number of nitrogens with one attached hydrogen (secondary N) is 1. The zero-order valence-electron chi connectivity index (χ0n) is 14.6. The summed E-state index contributed by atoms with van der Waals surface area (Å²) in [6, 6.07) is 8.85. The molecule has 7 heteroatoms. The minimum absolute atomic E-state index is 0.157. The van der Waals surface area contributed by atoms with Crippen molar-refractivity contribution in [3.05, 3.63) is 35.9 Å². The first-order valence-electron chi connectivity index (χ1n) is 8.63. The highest BCUT2D eigenvalue weighted by molar-refractivity contribution is 5.96. The predicted molar refractivity (Wildman–Crippen MR) is 94.7 cm³/mol. The lowest BCUT2D eigenvalue weighted by atomic mass is 10.1. The maximum atomic E-state index is 12.3. The molecule has 1 fully saturated rings. The van der Waals surface area contributed by atoms with Crippen LogP contribution in [0.2, 0.25) is 0 Å². The Morgan fingerprint density at radius 3 is 2.36 bits per heavy atom. The highest BCUT2D eigenvalue weighted by atomic mass is 16.2. The SMILES string of the molecule is C[C@@H](C(=O)NC(N)=O)N1CCN(C(=O)CCCc2ccccc2)CC1. The van der Waals surface area contributed by atoms with E-state index in [9.17, 15) is 14.4 Å². The van der Waals surface area contributed by atoms with Crippen molar-refractivity contribution in [1.29, 1.82) is 0 Å². The lowest BCUT2D eigenvalue weighted by molar-refractivity contribution is -0.134. The van der Waals surface area contributed by atoms with Crippen LogP contribution in [0.3, 0.4) is 0 Å². The molecule has 0 spiro atoms. The van der Waals surface area contributed by atoms with Crippen molar-refractivity contribution >= 4 is 17.8 Å². The molecule has 136 valence electrons. The van der Waals surface area contributed by atoms with Gasteiger partial charge < -0.3 is 10.6 Å². The second kappa shape index (κ2) is 9.17. The van der Waals surface area contributed by atoms with Crippen molar-refractivity contribution in [2.24, 2.45) is 5.73 Å². The Hall–Kier alpha value is -2.41. The van der Waals surface area contributed by atoms with Crippen molar-refractivity contribution in [3.63, 3.8) is 0 Å². The first-order valence-corrected chi connectivity index (χ1v) is 8.63. The first-order chi connectivity index (χ1) is 12.0. The fourth-order valence-corrected chi connectivity index (χ4v) is 3.00. The fraction of sp³-hybridized carbons (Fsp3) is 0.500. The summed E-state index contributed by atoms with van der Waals surface area (Å²) >= 11 is 0. The number of benzene rings is 1. The van der Waals surface area contributed by atoms with E-state index in [1.165, 1.54) is 5.56 Å². The van der Waals surface area contributed by atoms with Crippen LogP contribution >= 0.6 is 0 Å². The predicted octanol–water partition coefficient (Wildman–Crippen LogP) is 0.737. The number of aryl methyl sites for hydroxylation is 1. The van der Waals surface area contributed by atoms with Gasteiger partial charge in [-0.15, -0.1) is 0 Å². The molecule has 1 aliphatic rings. The number of nitrogens with zero attached hydrogens (tertiary/aromatic N) is 2. The fourth-order valence-electron chi connectivity index (χ4n) is 3.00. The number of urea groups is 1. The molecule has 7 nitrogen and oxygen atoms in total. The minimum atomic E-state index is -0.843. The van der Waals surface area contributed by atoms with E-state index in [2.05, 4.69) is 17.4 Å². The Morgan fingerprint density at radius 1 is 1.12 bits per heavy atom. The minimum Gasteiger partial charge on any atom is -0.351 e. The Bertz CT molecular complexity index is 598. The maximum Gasteiger partial charge on any atom is 0.318 e. The second-order valence-electron chi connectivity index (χ2n) is 6.29. The van der Waals surface area contributed by atoms with Gasteiger partial charge >= 0.3 is 6.03 Å². The molecule has 1 aromatic carbocycles. The number of piperazine rings is 1. The van der Waals surface area contributed by atoms with Crippen molar-refractivity contribution in [2.45, 2.75) is 32.2 Å². The van der Waals surface area contributed by atoms with Crippen LogP contribution in [0.5, 0.6) is 0 Å². The van der Waals surface area contributed by atoms with Gasteiger partial charge in [0.15, 0.2) is 0 Å². The van der Waals surface area contributed by atoms with E-state index in [1.807, 2.05) is 28.0 Å². The van der Waals surface area contributed by atoms with Crippen molar-refractivity contribution in [2.75, 3.05) is 26.2 Å². The summed E-state index contributed by atoms with van der Waals surface area (Å²) < 4.78 is 0. The van der Waals surface area contributed by atoms with Gasteiger partial charge in [0, 0.05) is 32.6 Å². The molecule has 0 unspecified atom stereocenters. The van der Waals surface area contributed by atoms with E-state index in [4.69, 9.17) is 5.73 Å². The van der Waals surface area contributed by atoms with Gasteiger partial charge in [-0.25, -0.2) is 4.79 Å². The van der Waals surface area contributed by atoms with Crippen LogP contribution in [0, 0.1) is 0 Å². The smallest absolute Gasteiger partial charge is 0.318 e. The molecule has 0 aliphatic carbocycles. The Morgan fingerprint density at radius 2 is 1.76 bits per heavy atom. The first kappa shape index (κ1) is 18.9. The van der Waals surface area contributed by atoms with Crippen LogP contribution in [0.4, 0.5) is 4.79 Å². The average molecular weight is 346 g/mol. The van der Waals surface area contributed by atoms with E-state index in [-0.39, 0.29) is 5.91 Å². The number of carbonyl (C=O) groups excluding carboxylic acids is 3. The zero-order chi connectivity index (χ0) is 18.2. The molecule has 0 radical (unpaired) electrons. The number of imide groups is 1. The highest BCUT2D eigenvalue weighted by Crippen LogP contribution is 2.10. The van der Waals surface area contributed by atoms with Gasteiger partial charge in [0.2, 0.25) is 11.8 Å². The molecule has 3 N–H and O–H groups in total. The monoisotopic (exact) mass is 346 g/mol. The van der Waals surface area contributed by atoms with Gasteiger partial charge in [-0.05, 0) is 25.3 Å². The molecule has 0 aromatic heterocycles. The number of hydrogen-bond acceptors (Lipinski definition) is 4. The maximum absolute atomic E-state index is 12.3. The van der Waals surface area contributed by atoms with E-state index in [0.717, 1.165) is 12.8 Å². The van der Waals surface area contributed by atoms with Gasteiger partial charge in [0.05, 0.1) is 6.04 Å². The largest absolute Gasteiger partial charge is 0.351 e. The van der Waals surface area contributed by atoms with Crippen LogP contribution in [-0.4, -0.2) is 59.9 Å². The lowest BCUT2D eigenvalue weighted by Gasteiger charge is -2.37. The number of amides is 4. The number of carbonyl (C=O) groups is 3. The van der Waals surface area contributed by atoms with Crippen LogP contribution in [0.15, 0.2) is 30.3 Å². The van der Waals surface area contributed by atoms with E-state index < -0.39 is 18.0 Å². The van der Waals surface area contributed by atoms with E-state index >= 15 is 0 Å². The molecule has 1 atom stereocenters. The van der Waals surface area contributed by atoms with Gasteiger partial charge in [-0.2, -0.15) is 0 Å². The highest BCUT2D eigenvalue weighted by Gasteiger charge is 2.27. The molecular weight excluding hydrogens is 320 g/mol. The summed E-state index contributed by atoms with van der Waals surface area (Å²) in [6.45, 7) is 4.14. The molecule has 25 heavy (non-hydrogen) atoms. The number of hydrogen-bond donors (Lipinski definition) is 2. The number of nitrogens with two attached hydrogens (primary N) is 1. The molecular formula is C18H26N4O3. The van der Waals surface area contributed by atoms with Crippen LogP contribution < -0.4 is 11.1 Å². The van der Waals surface area contributed by atoms with Gasteiger partial charge in [-0.1, -0.05) is 30.3 Å². The normalized spacial score (nSPS) is 16.3. The summed E-state index contributed by atoms with van der Waals surface area (Å²) in [7, 11) is 0. The summed E-state index contributed by atoms with van der Waals surface area (Å²) in [5.41, 5.74) is 6.21. The number of primary amides is 1. The number of rotatable bonds is 6. The standard InChI is InChI=1S/C18H26N4O3/c1-14(17(24)20-18(19)25)21-10-12-22(13-11-21)16(23)9-5-8-15-6-3-2-4-7-15/h2-4,6-7,14H,5,8-13H2,1H3,(H3,19,20,24,25)/t14-/m0/s1. The van der Waals surface area contributed by atoms with Gasteiger partial charge in [0.1, 0.15) is 0 Å². The summed E-state index contributed by atoms with van der Waals surface area (Å²) in [5, 5.41) is 2.09. The second-order valence-corrected chi connectivity index (χ2v) is 6.29. The van der Waals surface area contributed by atoms with Gasteiger partial charge in [0.25, 0.3) is 0 Å². The van der Waals surface area contributed by atoms with Crippen molar-refractivity contribution < 1.29 is 14.4 Å². The van der Waals surface area contributed by atoms with Gasteiger partial charge in [-0.3, -0.25) is 19.8 Å². The van der Waals surface area contributed by atoms with E-state index in [0.29, 0.717) is 32.6 Å². The molecule has 0 saturated carbocycles. The van der Waals surface area contributed by atoms with Crippen LogP contribution in [-0.2, 0) is 16.0 Å². The third-order valence-electron chi connectivity index (χ3n) is 4.54. The summed E-state index contributed by atoms with van der Waals surface area (Å²) in [5.74, 6) is -0.250. The Labute approximate surface area is 148 Å². The quantitative estimate of drug-likeness (QED) is 0.794. The molecule has 2 rings (SSSR count). The third-order valence-corrected chi connectivity index (χ3v) is 4.54. The summed E-state index contributed by atoms with van der Waals surface area (Å²) in [6.07, 6.45) is 2.27. The molecule has 0 bridgehead atoms. The van der Waals surface area contributed by atoms with Crippen LogP contribution in [0.1, 0.15) is 25.3 Å². The molecule has 1 aromatic rings. The molecule has 1 saturated heterocycles.